The number of halogens is 3. The van der Waals surface area contributed by atoms with Crippen LogP contribution < -0.4 is 10.6 Å². The van der Waals surface area contributed by atoms with Gasteiger partial charge in [0.25, 0.3) is 0 Å². The Morgan fingerprint density at radius 2 is 2.05 bits per heavy atom. The van der Waals surface area contributed by atoms with Crippen molar-refractivity contribution in [2.75, 3.05) is 11.9 Å². The van der Waals surface area contributed by atoms with Gasteiger partial charge in [-0.05, 0) is 43.8 Å². The fourth-order valence-electron chi connectivity index (χ4n) is 1.81. The zero-order valence-corrected chi connectivity index (χ0v) is 15.0. The molecule has 1 aromatic carbocycles. The zero-order valence-electron chi connectivity index (χ0n) is 11.9. The molecule has 2 N–H and O–H groups in total. The number of benzene rings is 1. The average Bonchev–Trinajstić information content (AvgIpc) is 2.77. The van der Waals surface area contributed by atoms with Crippen molar-refractivity contribution in [2.45, 2.75) is 19.9 Å². The third kappa shape index (κ3) is 5.02. The highest BCUT2D eigenvalue weighted by atomic mass is 35.5. The minimum atomic E-state index is 0.513. The predicted octanol–water partition coefficient (Wildman–Crippen LogP) is 4.53. The van der Waals surface area contributed by atoms with Gasteiger partial charge >= 0.3 is 0 Å². The third-order valence-corrected chi connectivity index (χ3v) is 4.08. The largest absolute Gasteiger partial charge is 0.362 e. The highest BCUT2D eigenvalue weighted by molar-refractivity contribution is 7.80. The summed E-state index contributed by atoms with van der Waals surface area (Å²) >= 11 is 23.1. The van der Waals surface area contributed by atoms with Gasteiger partial charge in [0, 0.05) is 24.3 Å². The second-order valence-corrected chi connectivity index (χ2v) is 6.34. The fraction of sp³-hybridized carbons (Fsp3) is 0.286. The van der Waals surface area contributed by atoms with Crippen molar-refractivity contribution in [2.24, 2.45) is 0 Å². The quantitative estimate of drug-likeness (QED) is 0.593. The summed E-state index contributed by atoms with van der Waals surface area (Å²) in [5, 5.41) is 12.8. The molecule has 0 bridgehead atoms. The van der Waals surface area contributed by atoms with Crippen LogP contribution in [0, 0.1) is 6.92 Å². The Labute approximate surface area is 149 Å². The van der Waals surface area contributed by atoms with Crippen molar-refractivity contribution < 1.29 is 0 Å². The molecule has 0 radical (unpaired) electrons. The summed E-state index contributed by atoms with van der Waals surface area (Å²) in [4.78, 5) is 0. The summed E-state index contributed by atoms with van der Waals surface area (Å²) < 4.78 is 1.83. The van der Waals surface area contributed by atoms with E-state index in [1.807, 2.05) is 17.8 Å². The van der Waals surface area contributed by atoms with Gasteiger partial charge in [-0.15, -0.1) is 0 Å². The van der Waals surface area contributed by atoms with Crippen LogP contribution >= 0.6 is 47.0 Å². The second-order valence-electron chi connectivity index (χ2n) is 4.68. The molecular formula is C14H15Cl3N4S. The summed E-state index contributed by atoms with van der Waals surface area (Å²) in [6.07, 6.45) is 2.69. The van der Waals surface area contributed by atoms with Crippen LogP contribution in [0.2, 0.25) is 15.1 Å². The number of anilines is 1. The van der Waals surface area contributed by atoms with E-state index in [1.54, 1.807) is 18.2 Å². The molecule has 8 heteroatoms. The standard InChI is InChI=1S/C14H15Cl3N4S/c1-9-12(17)8-21(20-9)6-2-5-18-14(22)19-13-4-3-10(15)7-11(13)16/h3-4,7-8H,2,5-6H2,1H3,(H2,18,19,22). The Hall–Kier alpha value is -1.01. The molecule has 0 atom stereocenters. The Balaban J connectivity index is 1.73. The lowest BCUT2D eigenvalue weighted by molar-refractivity contribution is 0.570. The molecule has 0 aliphatic rings. The normalized spacial score (nSPS) is 10.5. The van der Waals surface area contributed by atoms with Gasteiger partial charge in [0.2, 0.25) is 0 Å². The van der Waals surface area contributed by atoms with Crippen molar-refractivity contribution in [3.8, 4) is 0 Å². The second kappa shape index (κ2) is 8.02. The van der Waals surface area contributed by atoms with Crippen molar-refractivity contribution in [3.63, 3.8) is 0 Å². The molecule has 22 heavy (non-hydrogen) atoms. The van der Waals surface area contributed by atoms with Crippen molar-refractivity contribution in [3.05, 3.63) is 45.2 Å². The first-order chi connectivity index (χ1) is 10.5. The molecule has 0 unspecified atom stereocenters. The number of aryl methyl sites for hydroxylation is 2. The number of nitrogens with one attached hydrogen (secondary N) is 2. The van der Waals surface area contributed by atoms with Gasteiger partial charge in [0.15, 0.2) is 5.11 Å². The summed E-state index contributed by atoms with van der Waals surface area (Å²) in [7, 11) is 0. The number of rotatable bonds is 5. The van der Waals surface area contributed by atoms with E-state index in [0.29, 0.717) is 26.7 Å². The highest BCUT2D eigenvalue weighted by Gasteiger charge is 2.04. The number of aromatic nitrogens is 2. The van der Waals surface area contributed by atoms with E-state index >= 15 is 0 Å². The summed E-state index contributed by atoms with van der Waals surface area (Å²) in [6.45, 7) is 3.37. The van der Waals surface area contributed by atoms with E-state index in [1.165, 1.54) is 0 Å². The fourth-order valence-corrected chi connectivity index (χ4v) is 2.63. The van der Waals surface area contributed by atoms with Gasteiger partial charge in [-0.3, -0.25) is 4.68 Å². The lowest BCUT2D eigenvalue weighted by atomic mass is 10.3. The SMILES string of the molecule is Cc1nn(CCCNC(=S)Nc2ccc(Cl)cc2Cl)cc1Cl. The molecule has 1 heterocycles. The van der Waals surface area contributed by atoms with Crippen LogP contribution in [0.3, 0.4) is 0 Å². The van der Waals surface area contributed by atoms with Gasteiger partial charge in [-0.1, -0.05) is 34.8 Å². The van der Waals surface area contributed by atoms with Crippen molar-refractivity contribution >= 4 is 57.8 Å². The number of hydrogen-bond acceptors (Lipinski definition) is 2. The van der Waals surface area contributed by atoms with Crippen molar-refractivity contribution in [1.82, 2.24) is 15.1 Å². The van der Waals surface area contributed by atoms with Gasteiger partial charge in [-0.25, -0.2) is 0 Å². The van der Waals surface area contributed by atoms with Gasteiger partial charge in [0.1, 0.15) is 0 Å². The van der Waals surface area contributed by atoms with E-state index in [2.05, 4.69) is 15.7 Å². The van der Waals surface area contributed by atoms with Crippen LogP contribution in [-0.4, -0.2) is 21.4 Å². The highest BCUT2D eigenvalue weighted by Crippen LogP contribution is 2.25. The molecule has 0 saturated heterocycles. The lowest BCUT2D eigenvalue weighted by Gasteiger charge is -2.11. The Morgan fingerprint density at radius 3 is 2.68 bits per heavy atom. The number of nitrogens with zero attached hydrogens (tertiary/aromatic N) is 2. The minimum absolute atomic E-state index is 0.513. The predicted molar refractivity (Wildman–Crippen MR) is 97.3 cm³/mol. The third-order valence-electron chi connectivity index (χ3n) is 2.92. The van der Waals surface area contributed by atoms with E-state index in [-0.39, 0.29) is 0 Å². The van der Waals surface area contributed by atoms with E-state index in [4.69, 9.17) is 47.0 Å². The van der Waals surface area contributed by atoms with Gasteiger partial charge < -0.3 is 10.6 Å². The molecule has 0 aliphatic carbocycles. The monoisotopic (exact) mass is 376 g/mol. The summed E-state index contributed by atoms with van der Waals surface area (Å²) in [5.41, 5.74) is 1.56. The molecule has 0 aliphatic heterocycles. The first-order valence-electron chi connectivity index (χ1n) is 6.65. The average molecular weight is 378 g/mol. The number of thiocarbonyl (C=S) groups is 1. The Kier molecular flexibility index (Phi) is 6.32. The smallest absolute Gasteiger partial charge is 0.170 e. The first kappa shape index (κ1) is 17.3. The number of hydrogen-bond donors (Lipinski definition) is 2. The topological polar surface area (TPSA) is 41.9 Å². The van der Waals surface area contributed by atoms with E-state index in [0.717, 1.165) is 24.3 Å². The maximum Gasteiger partial charge on any atom is 0.170 e. The van der Waals surface area contributed by atoms with E-state index < -0.39 is 0 Å². The molecule has 0 fully saturated rings. The Morgan fingerprint density at radius 1 is 1.27 bits per heavy atom. The molecule has 118 valence electrons. The van der Waals surface area contributed by atoms with Crippen LogP contribution in [-0.2, 0) is 6.54 Å². The van der Waals surface area contributed by atoms with Gasteiger partial charge in [-0.2, -0.15) is 5.10 Å². The molecule has 2 aromatic rings. The van der Waals surface area contributed by atoms with Crippen LogP contribution in [0.15, 0.2) is 24.4 Å². The molecule has 4 nitrogen and oxygen atoms in total. The van der Waals surface area contributed by atoms with Crippen LogP contribution in [0.1, 0.15) is 12.1 Å². The molecule has 0 amide bonds. The van der Waals surface area contributed by atoms with Crippen LogP contribution in [0.5, 0.6) is 0 Å². The Bertz CT molecular complexity index is 653. The first-order valence-corrected chi connectivity index (χ1v) is 8.19. The minimum Gasteiger partial charge on any atom is -0.362 e. The zero-order chi connectivity index (χ0) is 16.1. The van der Waals surface area contributed by atoms with Crippen molar-refractivity contribution in [1.29, 1.82) is 0 Å². The summed E-state index contributed by atoms with van der Waals surface area (Å²) in [6, 6.07) is 5.20. The summed E-state index contributed by atoms with van der Waals surface area (Å²) in [5.74, 6) is 0. The van der Waals surface area contributed by atoms with Crippen LogP contribution in [0.25, 0.3) is 0 Å². The van der Waals surface area contributed by atoms with Gasteiger partial charge in [0.05, 0.1) is 21.4 Å². The molecule has 0 saturated carbocycles. The molecular weight excluding hydrogens is 363 g/mol. The lowest BCUT2D eigenvalue weighted by Crippen LogP contribution is -2.29. The molecule has 2 rings (SSSR count). The maximum absolute atomic E-state index is 6.07. The van der Waals surface area contributed by atoms with Crippen LogP contribution in [0.4, 0.5) is 5.69 Å². The maximum atomic E-state index is 6.07. The molecule has 0 spiro atoms. The van der Waals surface area contributed by atoms with E-state index in [9.17, 15) is 0 Å². The molecule has 1 aromatic heterocycles.